The molecule has 0 saturated heterocycles. The molecule has 0 saturated carbocycles. The van der Waals surface area contributed by atoms with Gasteiger partial charge in [-0.2, -0.15) is 5.26 Å². The fourth-order valence-corrected chi connectivity index (χ4v) is 5.53. The number of carbonyl (C=O) groups excluding carboxylic acids is 1. The number of nitrogens with one attached hydrogen (secondary N) is 1. The minimum Gasteiger partial charge on any atom is -0.298 e. The third kappa shape index (κ3) is 4.83. The Morgan fingerprint density at radius 3 is 2.32 bits per heavy atom. The van der Waals surface area contributed by atoms with Gasteiger partial charge in [0.2, 0.25) is 0 Å². The second-order valence-corrected chi connectivity index (χ2v) is 9.93. The molecule has 0 aliphatic rings. The molecule has 4 rings (SSSR count). The van der Waals surface area contributed by atoms with Gasteiger partial charge in [-0.3, -0.25) is 14.4 Å². The molecule has 7 nitrogen and oxygen atoms in total. The van der Waals surface area contributed by atoms with Gasteiger partial charge >= 0.3 is 0 Å². The van der Waals surface area contributed by atoms with Gasteiger partial charge in [-0.1, -0.05) is 30.3 Å². The monoisotopic (exact) mass is 488 g/mol. The van der Waals surface area contributed by atoms with Crippen LogP contribution in [0.4, 0.5) is 10.8 Å². The van der Waals surface area contributed by atoms with Gasteiger partial charge in [-0.05, 0) is 55.5 Å². The van der Waals surface area contributed by atoms with E-state index in [2.05, 4.69) is 16.4 Å². The molecule has 1 heterocycles. The fourth-order valence-electron chi connectivity index (χ4n) is 3.34. The van der Waals surface area contributed by atoms with Crippen molar-refractivity contribution in [3.8, 4) is 17.3 Å². The smallest absolute Gasteiger partial charge is 0.264 e. The van der Waals surface area contributed by atoms with E-state index in [-0.39, 0.29) is 17.3 Å². The Kier molecular flexibility index (Phi) is 6.72. The summed E-state index contributed by atoms with van der Waals surface area (Å²) in [5, 5.41) is 13.9. The quantitative estimate of drug-likeness (QED) is 0.388. The standard InChI is InChI=1S/C25H20N4O3S2/c1-2-29(21-6-4-3-5-7-21)34(31,32)22-14-12-20(13-15-22)24(30)28-25-27-23(17-33-25)19-10-8-18(16-26)9-11-19/h3-15,17H,2H2,1H3,(H,27,28,30). The molecule has 0 spiro atoms. The van der Waals surface area contributed by atoms with E-state index in [9.17, 15) is 13.2 Å². The highest BCUT2D eigenvalue weighted by Crippen LogP contribution is 2.26. The van der Waals surface area contributed by atoms with E-state index in [4.69, 9.17) is 5.26 Å². The molecule has 34 heavy (non-hydrogen) atoms. The zero-order chi connectivity index (χ0) is 24.1. The van der Waals surface area contributed by atoms with Gasteiger partial charge in [-0.15, -0.1) is 11.3 Å². The summed E-state index contributed by atoms with van der Waals surface area (Å²) in [6.07, 6.45) is 0. The Bertz CT molecular complexity index is 1440. The Morgan fingerprint density at radius 2 is 1.71 bits per heavy atom. The van der Waals surface area contributed by atoms with Crippen molar-refractivity contribution < 1.29 is 13.2 Å². The summed E-state index contributed by atoms with van der Waals surface area (Å²) in [5.41, 5.74) is 2.98. The first-order valence-corrected chi connectivity index (χ1v) is 12.7. The van der Waals surface area contributed by atoms with E-state index < -0.39 is 10.0 Å². The van der Waals surface area contributed by atoms with Crippen molar-refractivity contribution in [2.45, 2.75) is 11.8 Å². The van der Waals surface area contributed by atoms with Crippen LogP contribution in [0.5, 0.6) is 0 Å². The first-order chi connectivity index (χ1) is 16.4. The van der Waals surface area contributed by atoms with Crippen LogP contribution >= 0.6 is 11.3 Å². The van der Waals surface area contributed by atoms with Crippen LogP contribution in [0.2, 0.25) is 0 Å². The van der Waals surface area contributed by atoms with Gasteiger partial charge in [0.05, 0.1) is 27.9 Å². The lowest BCUT2D eigenvalue weighted by atomic mass is 10.1. The van der Waals surface area contributed by atoms with Crippen LogP contribution in [-0.4, -0.2) is 25.9 Å². The van der Waals surface area contributed by atoms with Crippen molar-refractivity contribution in [2.75, 3.05) is 16.2 Å². The summed E-state index contributed by atoms with van der Waals surface area (Å²) in [5.74, 6) is -0.389. The average molecular weight is 489 g/mol. The summed E-state index contributed by atoms with van der Waals surface area (Å²) in [6, 6.07) is 23.8. The predicted molar refractivity (Wildman–Crippen MR) is 133 cm³/mol. The van der Waals surface area contributed by atoms with E-state index >= 15 is 0 Å². The largest absolute Gasteiger partial charge is 0.298 e. The van der Waals surface area contributed by atoms with Crippen LogP contribution in [0.15, 0.2) is 89.1 Å². The van der Waals surface area contributed by atoms with Crippen molar-refractivity contribution in [3.63, 3.8) is 0 Å². The third-order valence-electron chi connectivity index (χ3n) is 5.07. The Hall–Kier alpha value is -4.00. The first-order valence-electron chi connectivity index (χ1n) is 10.4. The predicted octanol–water partition coefficient (Wildman–Crippen LogP) is 5.15. The SMILES string of the molecule is CCN(c1ccccc1)S(=O)(=O)c1ccc(C(=O)Nc2nc(-c3ccc(C#N)cc3)cs2)cc1. The summed E-state index contributed by atoms with van der Waals surface area (Å²) in [6.45, 7) is 2.05. The van der Waals surface area contributed by atoms with E-state index in [0.29, 0.717) is 27.6 Å². The van der Waals surface area contributed by atoms with Crippen molar-refractivity contribution in [1.29, 1.82) is 5.26 Å². The lowest BCUT2D eigenvalue weighted by Gasteiger charge is -2.22. The number of hydrogen-bond donors (Lipinski definition) is 1. The molecule has 0 radical (unpaired) electrons. The number of anilines is 2. The van der Waals surface area contributed by atoms with E-state index in [1.54, 1.807) is 55.5 Å². The van der Waals surface area contributed by atoms with Gasteiger partial charge in [0.1, 0.15) is 0 Å². The maximum Gasteiger partial charge on any atom is 0.264 e. The van der Waals surface area contributed by atoms with Crippen molar-refractivity contribution in [1.82, 2.24) is 4.98 Å². The van der Waals surface area contributed by atoms with Gasteiger partial charge in [-0.25, -0.2) is 13.4 Å². The summed E-state index contributed by atoms with van der Waals surface area (Å²) in [7, 11) is -3.77. The number of aromatic nitrogens is 1. The molecule has 3 aromatic carbocycles. The van der Waals surface area contributed by atoms with Gasteiger partial charge < -0.3 is 0 Å². The molecule has 0 aliphatic heterocycles. The maximum absolute atomic E-state index is 13.1. The molecule has 4 aromatic rings. The first kappa shape index (κ1) is 23.2. The fraction of sp³-hybridized carbons (Fsp3) is 0.0800. The second-order valence-electron chi connectivity index (χ2n) is 7.21. The lowest BCUT2D eigenvalue weighted by Crippen LogP contribution is -2.30. The summed E-state index contributed by atoms with van der Waals surface area (Å²) >= 11 is 1.28. The Morgan fingerprint density at radius 1 is 1.03 bits per heavy atom. The average Bonchev–Trinajstić information content (AvgIpc) is 3.33. The number of nitrogens with zero attached hydrogens (tertiary/aromatic N) is 3. The minimum absolute atomic E-state index is 0.104. The van der Waals surface area contributed by atoms with Crippen LogP contribution < -0.4 is 9.62 Å². The molecular weight excluding hydrogens is 468 g/mol. The van der Waals surface area contributed by atoms with Crippen molar-refractivity contribution >= 4 is 38.1 Å². The highest BCUT2D eigenvalue weighted by Gasteiger charge is 2.23. The molecule has 0 aliphatic carbocycles. The van der Waals surface area contributed by atoms with Gasteiger partial charge in [0.25, 0.3) is 15.9 Å². The second kappa shape index (κ2) is 9.87. The summed E-state index contributed by atoms with van der Waals surface area (Å²) in [4.78, 5) is 17.2. The molecule has 1 N–H and O–H groups in total. The van der Waals surface area contributed by atoms with Gasteiger partial charge in [0, 0.05) is 23.1 Å². The number of rotatable bonds is 7. The molecule has 0 unspecified atom stereocenters. The Balaban J connectivity index is 1.48. The number of hydrogen-bond acceptors (Lipinski definition) is 6. The molecule has 0 fully saturated rings. The maximum atomic E-state index is 13.1. The number of para-hydroxylation sites is 1. The van der Waals surface area contributed by atoms with Crippen LogP contribution in [0.25, 0.3) is 11.3 Å². The zero-order valence-corrected chi connectivity index (χ0v) is 19.8. The molecule has 9 heteroatoms. The number of sulfonamides is 1. The minimum atomic E-state index is -3.77. The van der Waals surface area contributed by atoms with Crippen molar-refractivity contribution in [3.05, 3.63) is 95.4 Å². The molecule has 0 atom stereocenters. The lowest BCUT2D eigenvalue weighted by molar-refractivity contribution is 0.102. The molecular formula is C25H20N4O3S2. The van der Waals surface area contributed by atoms with Crippen LogP contribution in [0.1, 0.15) is 22.8 Å². The Labute approximate surface area is 202 Å². The van der Waals surface area contributed by atoms with Crippen LogP contribution in [0, 0.1) is 11.3 Å². The van der Waals surface area contributed by atoms with Crippen LogP contribution in [-0.2, 0) is 10.0 Å². The highest BCUT2D eigenvalue weighted by molar-refractivity contribution is 7.92. The molecule has 170 valence electrons. The van der Waals surface area contributed by atoms with E-state index in [1.165, 1.54) is 39.9 Å². The topological polar surface area (TPSA) is 103 Å². The number of benzene rings is 3. The summed E-state index contributed by atoms with van der Waals surface area (Å²) < 4.78 is 27.5. The number of thiazole rings is 1. The molecule has 1 amide bonds. The zero-order valence-electron chi connectivity index (χ0n) is 18.2. The number of carbonyl (C=O) groups is 1. The van der Waals surface area contributed by atoms with Crippen LogP contribution in [0.3, 0.4) is 0 Å². The third-order valence-corrected chi connectivity index (χ3v) is 7.75. The normalized spacial score (nSPS) is 10.9. The molecule has 0 bridgehead atoms. The van der Waals surface area contributed by atoms with Gasteiger partial charge in [0.15, 0.2) is 5.13 Å². The highest BCUT2D eigenvalue weighted by atomic mass is 32.2. The molecule has 1 aromatic heterocycles. The number of nitriles is 1. The van der Waals surface area contributed by atoms with E-state index in [1.807, 2.05) is 11.4 Å². The number of amides is 1. The van der Waals surface area contributed by atoms with Crippen molar-refractivity contribution in [2.24, 2.45) is 0 Å². The van der Waals surface area contributed by atoms with E-state index in [0.717, 1.165) is 5.56 Å².